The van der Waals surface area contributed by atoms with E-state index in [0.717, 1.165) is 17.9 Å². The fourth-order valence-electron chi connectivity index (χ4n) is 2.45. The summed E-state index contributed by atoms with van der Waals surface area (Å²) in [6, 6.07) is 0. The fourth-order valence-corrected chi connectivity index (χ4v) is 2.68. The highest BCUT2D eigenvalue weighted by Gasteiger charge is 2.29. The molecule has 2 fully saturated rings. The molecular formula is C11H18N4S. The molecule has 1 aromatic rings. The number of nitrogens with one attached hydrogen (secondary N) is 1. The average molecular weight is 238 g/mol. The molecule has 0 atom stereocenters. The van der Waals surface area contributed by atoms with Crippen molar-refractivity contribution in [1.29, 1.82) is 0 Å². The zero-order valence-corrected chi connectivity index (χ0v) is 10.3. The summed E-state index contributed by atoms with van der Waals surface area (Å²) in [7, 11) is 0. The molecule has 16 heavy (non-hydrogen) atoms. The molecule has 1 aromatic heterocycles. The lowest BCUT2D eigenvalue weighted by molar-refractivity contribution is 0.320. The van der Waals surface area contributed by atoms with E-state index in [9.17, 15) is 0 Å². The number of rotatable bonds is 4. The van der Waals surface area contributed by atoms with E-state index in [-0.39, 0.29) is 0 Å². The van der Waals surface area contributed by atoms with Gasteiger partial charge in [-0.15, -0.1) is 0 Å². The molecule has 1 saturated heterocycles. The fraction of sp³-hybridized carbons (Fsp3) is 0.818. The Morgan fingerprint density at radius 2 is 2.00 bits per heavy atom. The number of likely N-dealkylation sites (tertiary alicyclic amines) is 1. The van der Waals surface area contributed by atoms with E-state index >= 15 is 0 Å². The molecule has 1 saturated carbocycles. The molecule has 5 heteroatoms. The molecule has 2 heterocycles. The van der Waals surface area contributed by atoms with E-state index < -0.39 is 0 Å². The Kier molecular flexibility index (Phi) is 2.81. The average Bonchev–Trinajstić information content (AvgIpc) is 2.87. The predicted molar refractivity (Wildman–Crippen MR) is 65.1 cm³/mol. The highest BCUT2D eigenvalue weighted by molar-refractivity contribution is 7.71. The van der Waals surface area contributed by atoms with Gasteiger partial charge in [-0.05, 0) is 51.0 Å². The summed E-state index contributed by atoms with van der Waals surface area (Å²) in [5.74, 6) is 1.86. The smallest absolute Gasteiger partial charge is 0.195 e. The van der Waals surface area contributed by atoms with Crippen LogP contribution in [-0.2, 0) is 6.54 Å². The van der Waals surface area contributed by atoms with Crippen LogP contribution in [0.5, 0.6) is 0 Å². The van der Waals surface area contributed by atoms with Gasteiger partial charge in [0, 0.05) is 19.0 Å². The van der Waals surface area contributed by atoms with Crippen LogP contribution in [0.2, 0.25) is 0 Å². The van der Waals surface area contributed by atoms with Crippen molar-refractivity contribution in [2.24, 2.45) is 0 Å². The van der Waals surface area contributed by atoms with Crippen molar-refractivity contribution in [3.63, 3.8) is 0 Å². The summed E-state index contributed by atoms with van der Waals surface area (Å²) in [4.78, 5) is 2.52. The molecule has 88 valence electrons. The lowest BCUT2D eigenvalue weighted by Gasteiger charge is -2.15. The predicted octanol–water partition coefficient (Wildman–Crippen LogP) is 1.91. The summed E-state index contributed by atoms with van der Waals surface area (Å²) in [5.41, 5.74) is 0. The van der Waals surface area contributed by atoms with Gasteiger partial charge in [0.1, 0.15) is 5.82 Å². The first-order valence-corrected chi connectivity index (χ1v) is 6.63. The van der Waals surface area contributed by atoms with Crippen molar-refractivity contribution in [2.75, 3.05) is 19.6 Å². The van der Waals surface area contributed by atoms with Gasteiger partial charge >= 0.3 is 0 Å². The summed E-state index contributed by atoms with van der Waals surface area (Å²) in [6.07, 6.45) is 5.27. The Balaban J connectivity index is 1.68. The summed E-state index contributed by atoms with van der Waals surface area (Å²) in [6.45, 7) is 4.63. The molecular weight excluding hydrogens is 220 g/mol. The van der Waals surface area contributed by atoms with Crippen molar-refractivity contribution in [1.82, 2.24) is 19.7 Å². The van der Waals surface area contributed by atoms with Crippen LogP contribution in [0.4, 0.5) is 0 Å². The highest BCUT2D eigenvalue weighted by atomic mass is 32.1. The topological polar surface area (TPSA) is 36.9 Å². The molecule has 4 nitrogen and oxygen atoms in total. The van der Waals surface area contributed by atoms with Crippen molar-refractivity contribution in [3.05, 3.63) is 10.6 Å². The van der Waals surface area contributed by atoms with Crippen LogP contribution in [-0.4, -0.2) is 39.3 Å². The van der Waals surface area contributed by atoms with Crippen LogP contribution in [0.1, 0.15) is 37.4 Å². The molecule has 0 radical (unpaired) electrons. The molecule has 1 aliphatic carbocycles. The van der Waals surface area contributed by atoms with E-state index in [0.29, 0.717) is 5.92 Å². The van der Waals surface area contributed by atoms with Gasteiger partial charge < -0.3 is 9.47 Å². The van der Waals surface area contributed by atoms with Crippen molar-refractivity contribution >= 4 is 12.2 Å². The number of hydrogen-bond acceptors (Lipinski definition) is 3. The summed E-state index contributed by atoms with van der Waals surface area (Å²) in [5, 5.41) is 7.28. The monoisotopic (exact) mass is 238 g/mol. The summed E-state index contributed by atoms with van der Waals surface area (Å²) >= 11 is 5.29. The van der Waals surface area contributed by atoms with Gasteiger partial charge in [0.2, 0.25) is 0 Å². The Bertz CT molecular complexity index is 412. The van der Waals surface area contributed by atoms with E-state index in [1.807, 2.05) is 0 Å². The van der Waals surface area contributed by atoms with Gasteiger partial charge in [0.15, 0.2) is 4.77 Å². The maximum Gasteiger partial charge on any atom is 0.195 e. The quantitative estimate of drug-likeness (QED) is 0.814. The van der Waals surface area contributed by atoms with Gasteiger partial charge in [-0.25, -0.2) is 0 Å². The van der Waals surface area contributed by atoms with Gasteiger partial charge in [0.25, 0.3) is 0 Å². The second kappa shape index (κ2) is 4.30. The van der Waals surface area contributed by atoms with Gasteiger partial charge in [-0.2, -0.15) is 5.10 Å². The number of hydrogen-bond donors (Lipinski definition) is 1. The van der Waals surface area contributed by atoms with E-state index in [1.165, 1.54) is 44.6 Å². The Morgan fingerprint density at radius 3 is 2.69 bits per heavy atom. The minimum atomic E-state index is 0.673. The third kappa shape index (κ3) is 2.06. The molecule has 1 aliphatic heterocycles. The standard InChI is InChI=1S/C11H18N4S/c16-11-13-12-10(9-3-4-9)15(11)8-7-14-5-1-2-6-14/h9H,1-8H2,(H,13,16). The Morgan fingerprint density at radius 1 is 1.25 bits per heavy atom. The van der Waals surface area contributed by atoms with E-state index in [4.69, 9.17) is 12.2 Å². The van der Waals surface area contributed by atoms with Crippen LogP contribution in [0.25, 0.3) is 0 Å². The highest BCUT2D eigenvalue weighted by Crippen LogP contribution is 2.38. The summed E-state index contributed by atoms with van der Waals surface area (Å²) < 4.78 is 2.99. The van der Waals surface area contributed by atoms with Gasteiger partial charge in [-0.1, -0.05) is 0 Å². The minimum absolute atomic E-state index is 0.673. The number of H-pyrrole nitrogens is 1. The van der Waals surface area contributed by atoms with E-state index in [1.54, 1.807) is 0 Å². The molecule has 2 aliphatic rings. The first kappa shape index (κ1) is 10.5. The third-order valence-electron chi connectivity index (χ3n) is 3.57. The first-order valence-electron chi connectivity index (χ1n) is 6.22. The molecule has 0 spiro atoms. The normalized spacial score (nSPS) is 21.8. The first-order chi connectivity index (χ1) is 7.84. The molecule has 0 bridgehead atoms. The van der Waals surface area contributed by atoms with Crippen molar-refractivity contribution < 1.29 is 0 Å². The maximum absolute atomic E-state index is 5.29. The zero-order valence-electron chi connectivity index (χ0n) is 9.48. The lowest BCUT2D eigenvalue weighted by atomic mass is 10.4. The van der Waals surface area contributed by atoms with Crippen molar-refractivity contribution in [3.8, 4) is 0 Å². The molecule has 3 rings (SSSR count). The third-order valence-corrected chi connectivity index (χ3v) is 3.88. The zero-order chi connectivity index (χ0) is 11.0. The Labute approximate surface area is 101 Å². The van der Waals surface area contributed by atoms with Crippen LogP contribution >= 0.6 is 12.2 Å². The number of nitrogens with zero attached hydrogens (tertiary/aromatic N) is 3. The number of aromatic amines is 1. The van der Waals surface area contributed by atoms with Gasteiger partial charge in [0.05, 0.1) is 0 Å². The van der Waals surface area contributed by atoms with Crippen molar-refractivity contribution in [2.45, 2.75) is 38.1 Å². The minimum Gasteiger partial charge on any atom is -0.303 e. The molecule has 0 amide bonds. The SMILES string of the molecule is S=c1[nH]nc(C2CC2)n1CCN1CCCC1. The maximum atomic E-state index is 5.29. The van der Waals surface area contributed by atoms with E-state index in [2.05, 4.69) is 19.7 Å². The number of aromatic nitrogens is 3. The lowest BCUT2D eigenvalue weighted by Crippen LogP contribution is -2.24. The van der Waals surface area contributed by atoms with Crippen LogP contribution in [0, 0.1) is 4.77 Å². The van der Waals surface area contributed by atoms with Gasteiger partial charge in [-0.3, -0.25) is 5.10 Å². The second-order valence-electron chi connectivity index (χ2n) is 4.86. The van der Waals surface area contributed by atoms with Crippen LogP contribution < -0.4 is 0 Å². The largest absolute Gasteiger partial charge is 0.303 e. The molecule has 0 unspecified atom stereocenters. The van der Waals surface area contributed by atoms with Crippen LogP contribution in [0.3, 0.4) is 0 Å². The molecule has 1 N–H and O–H groups in total. The van der Waals surface area contributed by atoms with Crippen LogP contribution in [0.15, 0.2) is 0 Å². The molecule has 0 aromatic carbocycles. The Hall–Kier alpha value is -0.680. The second-order valence-corrected chi connectivity index (χ2v) is 5.25.